The van der Waals surface area contributed by atoms with E-state index >= 15 is 0 Å². The van der Waals surface area contributed by atoms with Crippen molar-refractivity contribution in [1.82, 2.24) is 0 Å². The Hall–Kier alpha value is -1.58. The van der Waals surface area contributed by atoms with Crippen LogP contribution < -0.4 is 4.74 Å². The highest BCUT2D eigenvalue weighted by Crippen LogP contribution is 2.31. The Balaban J connectivity index is 3.11. The molecule has 1 N–H and O–H groups in total. The fourth-order valence-electron chi connectivity index (χ4n) is 1.93. The smallest absolute Gasteiger partial charge is 0.306 e. The van der Waals surface area contributed by atoms with E-state index in [2.05, 4.69) is 0 Å². The van der Waals surface area contributed by atoms with Gasteiger partial charge in [-0.05, 0) is 30.0 Å². The van der Waals surface area contributed by atoms with E-state index in [9.17, 15) is 9.18 Å². The predicted octanol–water partition coefficient (Wildman–Crippen LogP) is 3.22. The van der Waals surface area contributed by atoms with Gasteiger partial charge in [-0.25, -0.2) is 4.39 Å². The molecule has 0 heterocycles. The SMILES string of the molecule is COc1cc(CC(C)C(=O)O)cc(F)c1C(C)C. The molecule has 0 aliphatic carbocycles. The summed E-state index contributed by atoms with van der Waals surface area (Å²) < 4.78 is 19.2. The lowest BCUT2D eigenvalue weighted by atomic mass is 9.95. The second kappa shape index (κ2) is 5.85. The Kier molecular flexibility index (Phi) is 4.70. The second-order valence-corrected chi connectivity index (χ2v) is 4.79. The molecule has 0 amide bonds. The van der Waals surface area contributed by atoms with E-state index < -0.39 is 11.9 Å². The number of benzene rings is 1. The van der Waals surface area contributed by atoms with Crippen LogP contribution in [-0.2, 0) is 11.2 Å². The van der Waals surface area contributed by atoms with Crippen LogP contribution in [0.4, 0.5) is 4.39 Å². The van der Waals surface area contributed by atoms with Crippen molar-refractivity contribution in [3.63, 3.8) is 0 Å². The Morgan fingerprint density at radius 2 is 2.00 bits per heavy atom. The van der Waals surface area contributed by atoms with Gasteiger partial charge in [-0.3, -0.25) is 4.79 Å². The molecule has 0 aromatic heterocycles. The molecule has 1 aromatic carbocycles. The Morgan fingerprint density at radius 1 is 1.39 bits per heavy atom. The van der Waals surface area contributed by atoms with Gasteiger partial charge >= 0.3 is 5.97 Å². The third kappa shape index (κ3) is 3.22. The highest BCUT2D eigenvalue weighted by atomic mass is 19.1. The van der Waals surface area contributed by atoms with Gasteiger partial charge in [0.25, 0.3) is 0 Å². The molecule has 1 rings (SSSR count). The van der Waals surface area contributed by atoms with Crippen LogP contribution in [0.1, 0.15) is 37.8 Å². The molecular formula is C14H19FO3. The minimum absolute atomic E-state index is 0.0193. The molecule has 1 aromatic rings. The second-order valence-electron chi connectivity index (χ2n) is 4.79. The molecule has 3 nitrogen and oxygen atoms in total. The van der Waals surface area contributed by atoms with Gasteiger partial charge in [-0.1, -0.05) is 20.8 Å². The van der Waals surface area contributed by atoms with Crippen molar-refractivity contribution in [1.29, 1.82) is 0 Å². The molecule has 1 atom stereocenters. The van der Waals surface area contributed by atoms with Crippen molar-refractivity contribution in [3.8, 4) is 5.75 Å². The van der Waals surface area contributed by atoms with Crippen molar-refractivity contribution in [2.24, 2.45) is 5.92 Å². The molecule has 100 valence electrons. The van der Waals surface area contributed by atoms with Crippen LogP contribution >= 0.6 is 0 Å². The van der Waals surface area contributed by atoms with E-state index in [0.29, 0.717) is 23.3 Å². The Morgan fingerprint density at radius 3 is 2.44 bits per heavy atom. The first-order chi connectivity index (χ1) is 8.36. The lowest BCUT2D eigenvalue weighted by molar-refractivity contribution is -0.141. The molecule has 4 heteroatoms. The van der Waals surface area contributed by atoms with Gasteiger partial charge in [0, 0.05) is 5.56 Å². The fourth-order valence-corrected chi connectivity index (χ4v) is 1.93. The van der Waals surface area contributed by atoms with Gasteiger partial charge in [0.2, 0.25) is 0 Å². The van der Waals surface area contributed by atoms with E-state index in [4.69, 9.17) is 9.84 Å². The monoisotopic (exact) mass is 254 g/mol. The minimum atomic E-state index is -0.887. The van der Waals surface area contributed by atoms with Gasteiger partial charge in [-0.2, -0.15) is 0 Å². The van der Waals surface area contributed by atoms with Crippen LogP contribution in [0.25, 0.3) is 0 Å². The molecular weight excluding hydrogens is 235 g/mol. The maximum atomic E-state index is 14.0. The summed E-state index contributed by atoms with van der Waals surface area (Å²) in [7, 11) is 1.49. The van der Waals surface area contributed by atoms with Gasteiger partial charge < -0.3 is 9.84 Å². The quantitative estimate of drug-likeness (QED) is 0.877. The van der Waals surface area contributed by atoms with Crippen molar-refractivity contribution in [2.45, 2.75) is 33.1 Å². The van der Waals surface area contributed by atoms with Gasteiger partial charge in [0.1, 0.15) is 11.6 Å². The van der Waals surface area contributed by atoms with Gasteiger partial charge in [0.15, 0.2) is 0 Å². The van der Waals surface area contributed by atoms with Crippen molar-refractivity contribution >= 4 is 5.97 Å². The highest BCUT2D eigenvalue weighted by molar-refractivity contribution is 5.70. The maximum absolute atomic E-state index is 14.0. The first-order valence-corrected chi connectivity index (χ1v) is 5.95. The van der Waals surface area contributed by atoms with Crippen LogP contribution in [0.2, 0.25) is 0 Å². The summed E-state index contributed by atoms with van der Waals surface area (Å²) >= 11 is 0. The summed E-state index contributed by atoms with van der Waals surface area (Å²) in [5.41, 5.74) is 1.17. The average Bonchev–Trinajstić information content (AvgIpc) is 2.27. The third-order valence-corrected chi connectivity index (χ3v) is 2.91. The van der Waals surface area contributed by atoms with E-state index in [1.54, 1.807) is 13.0 Å². The number of aliphatic carboxylic acids is 1. The number of hydrogen-bond acceptors (Lipinski definition) is 2. The molecule has 0 fully saturated rings. The van der Waals surface area contributed by atoms with E-state index in [-0.39, 0.29) is 11.7 Å². The molecule has 1 unspecified atom stereocenters. The zero-order valence-corrected chi connectivity index (χ0v) is 11.2. The van der Waals surface area contributed by atoms with Crippen molar-refractivity contribution in [2.75, 3.05) is 7.11 Å². The first-order valence-electron chi connectivity index (χ1n) is 5.95. The molecule has 0 radical (unpaired) electrons. The number of rotatable bonds is 5. The van der Waals surface area contributed by atoms with Crippen LogP contribution in [-0.4, -0.2) is 18.2 Å². The van der Waals surface area contributed by atoms with Crippen LogP contribution in [0.15, 0.2) is 12.1 Å². The lowest BCUT2D eigenvalue weighted by Crippen LogP contribution is -2.13. The normalized spacial score (nSPS) is 12.6. The molecule has 0 aliphatic heterocycles. The number of methoxy groups -OCH3 is 1. The summed E-state index contributed by atoms with van der Waals surface area (Å²) in [6.07, 6.45) is 0.293. The standard InChI is InChI=1S/C14H19FO3/c1-8(2)13-11(15)6-10(7-12(13)18-4)5-9(3)14(16)17/h6-9H,5H2,1-4H3,(H,16,17). The number of carbonyl (C=O) groups is 1. The Labute approximate surface area is 107 Å². The van der Waals surface area contributed by atoms with Crippen molar-refractivity contribution in [3.05, 3.63) is 29.1 Å². The predicted molar refractivity (Wildman–Crippen MR) is 67.5 cm³/mol. The fraction of sp³-hybridized carbons (Fsp3) is 0.500. The average molecular weight is 254 g/mol. The van der Waals surface area contributed by atoms with Crippen LogP contribution in [0, 0.1) is 11.7 Å². The largest absolute Gasteiger partial charge is 0.496 e. The zero-order chi connectivity index (χ0) is 13.9. The summed E-state index contributed by atoms with van der Waals surface area (Å²) in [5, 5.41) is 8.86. The number of ether oxygens (including phenoxy) is 1. The number of halogens is 1. The lowest BCUT2D eigenvalue weighted by Gasteiger charge is -2.15. The summed E-state index contributed by atoms with van der Waals surface area (Å²) in [6.45, 7) is 5.38. The summed E-state index contributed by atoms with van der Waals surface area (Å²) in [4.78, 5) is 10.8. The van der Waals surface area contributed by atoms with Crippen LogP contribution in [0.3, 0.4) is 0 Å². The maximum Gasteiger partial charge on any atom is 0.306 e. The topological polar surface area (TPSA) is 46.5 Å². The van der Waals surface area contributed by atoms with E-state index in [1.165, 1.54) is 13.2 Å². The van der Waals surface area contributed by atoms with E-state index in [1.807, 2.05) is 13.8 Å². The van der Waals surface area contributed by atoms with E-state index in [0.717, 1.165) is 0 Å². The minimum Gasteiger partial charge on any atom is -0.496 e. The molecule has 0 saturated carbocycles. The molecule has 0 aliphatic rings. The molecule has 0 saturated heterocycles. The van der Waals surface area contributed by atoms with Gasteiger partial charge in [0.05, 0.1) is 13.0 Å². The molecule has 18 heavy (non-hydrogen) atoms. The van der Waals surface area contributed by atoms with Gasteiger partial charge in [-0.15, -0.1) is 0 Å². The summed E-state index contributed by atoms with van der Waals surface area (Å²) in [5.74, 6) is -1.26. The zero-order valence-electron chi connectivity index (χ0n) is 11.2. The van der Waals surface area contributed by atoms with Crippen molar-refractivity contribution < 1.29 is 19.0 Å². The number of carboxylic acid groups (broad SMARTS) is 1. The number of carboxylic acids is 1. The first kappa shape index (κ1) is 14.5. The molecule has 0 spiro atoms. The highest BCUT2D eigenvalue weighted by Gasteiger charge is 2.18. The third-order valence-electron chi connectivity index (χ3n) is 2.91. The summed E-state index contributed by atoms with van der Waals surface area (Å²) in [6, 6.07) is 3.12. The Bertz CT molecular complexity index is 441. The molecule has 0 bridgehead atoms. The number of hydrogen-bond donors (Lipinski definition) is 1. The van der Waals surface area contributed by atoms with Crippen LogP contribution in [0.5, 0.6) is 5.75 Å².